The molecule has 0 aliphatic heterocycles. The fraction of sp³-hybridized carbons (Fsp3) is 0.174. The molecule has 150 valence electrons. The van der Waals surface area contributed by atoms with Gasteiger partial charge in [-0.2, -0.15) is 0 Å². The van der Waals surface area contributed by atoms with Crippen LogP contribution < -0.4 is 19.5 Å². The van der Waals surface area contributed by atoms with Crippen molar-refractivity contribution in [3.05, 3.63) is 82.1 Å². The normalized spacial score (nSPS) is 11.8. The van der Waals surface area contributed by atoms with E-state index in [4.69, 9.17) is 14.2 Å². The van der Waals surface area contributed by atoms with Crippen LogP contribution in [0.5, 0.6) is 17.2 Å². The molecule has 3 aromatic rings. The summed E-state index contributed by atoms with van der Waals surface area (Å²) in [6, 6.07) is 17.3. The number of thiophene rings is 1. The van der Waals surface area contributed by atoms with E-state index < -0.39 is 0 Å². The van der Waals surface area contributed by atoms with Crippen molar-refractivity contribution in [2.75, 3.05) is 21.3 Å². The minimum absolute atomic E-state index is 0.194. The molecule has 0 radical (unpaired) electrons. The van der Waals surface area contributed by atoms with Gasteiger partial charge in [0.2, 0.25) is 11.7 Å². The Balaban J connectivity index is 1.81. The molecule has 0 aliphatic rings. The molecular weight excluding hydrogens is 386 g/mol. The molecule has 0 saturated heterocycles. The van der Waals surface area contributed by atoms with Gasteiger partial charge in [-0.05, 0) is 40.8 Å². The molecule has 1 atom stereocenters. The number of hydrogen-bond acceptors (Lipinski definition) is 5. The first-order chi connectivity index (χ1) is 14.2. The minimum atomic E-state index is -0.201. The van der Waals surface area contributed by atoms with Crippen LogP contribution in [0.15, 0.2) is 66.1 Å². The molecule has 0 bridgehead atoms. The number of hydrogen-bond donors (Lipinski definition) is 1. The van der Waals surface area contributed by atoms with Crippen LogP contribution in [0, 0.1) is 0 Å². The Bertz CT molecular complexity index is 943. The number of carbonyl (C=O) groups is 1. The lowest BCUT2D eigenvalue weighted by molar-refractivity contribution is -0.116. The predicted molar refractivity (Wildman–Crippen MR) is 116 cm³/mol. The number of ether oxygens (including phenoxy) is 3. The minimum Gasteiger partial charge on any atom is -0.493 e. The lowest BCUT2D eigenvalue weighted by atomic mass is 10.1. The van der Waals surface area contributed by atoms with Crippen molar-refractivity contribution in [1.82, 2.24) is 5.32 Å². The smallest absolute Gasteiger partial charge is 0.244 e. The van der Waals surface area contributed by atoms with E-state index in [-0.39, 0.29) is 11.9 Å². The first kappa shape index (κ1) is 20.5. The highest BCUT2D eigenvalue weighted by molar-refractivity contribution is 7.10. The fourth-order valence-electron chi connectivity index (χ4n) is 2.98. The van der Waals surface area contributed by atoms with Gasteiger partial charge in [0.15, 0.2) is 11.5 Å². The van der Waals surface area contributed by atoms with Crippen molar-refractivity contribution in [2.24, 2.45) is 0 Å². The van der Waals surface area contributed by atoms with E-state index in [1.807, 2.05) is 47.8 Å². The van der Waals surface area contributed by atoms with Gasteiger partial charge < -0.3 is 19.5 Å². The highest BCUT2D eigenvalue weighted by Crippen LogP contribution is 2.38. The maximum absolute atomic E-state index is 12.6. The Labute approximate surface area is 174 Å². The van der Waals surface area contributed by atoms with Crippen LogP contribution in [-0.2, 0) is 4.79 Å². The molecule has 29 heavy (non-hydrogen) atoms. The Hall–Kier alpha value is -3.25. The van der Waals surface area contributed by atoms with E-state index >= 15 is 0 Å². The molecule has 0 fully saturated rings. The second-order valence-electron chi connectivity index (χ2n) is 6.16. The molecular formula is C23H23NO4S. The van der Waals surface area contributed by atoms with Crippen LogP contribution in [0.2, 0.25) is 0 Å². The van der Waals surface area contributed by atoms with Gasteiger partial charge >= 0.3 is 0 Å². The quantitative estimate of drug-likeness (QED) is 0.548. The summed E-state index contributed by atoms with van der Waals surface area (Å²) in [5.74, 6) is 1.39. The lowest BCUT2D eigenvalue weighted by Gasteiger charge is -2.17. The summed E-state index contributed by atoms with van der Waals surface area (Å²) in [5.41, 5.74) is 1.80. The number of benzene rings is 2. The zero-order chi connectivity index (χ0) is 20.6. The van der Waals surface area contributed by atoms with Crippen molar-refractivity contribution in [2.45, 2.75) is 6.04 Å². The van der Waals surface area contributed by atoms with E-state index in [0.29, 0.717) is 17.2 Å². The topological polar surface area (TPSA) is 56.8 Å². The van der Waals surface area contributed by atoms with Crippen molar-refractivity contribution >= 4 is 23.3 Å². The Kier molecular flexibility index (Phi) is 6.92. The van der Waals surface area contributed by atoms with E-state index in [1.165, 1.54) is 6.08 Å². The summed E-state index contributed by atoms with van der Waals surface area (Å²) >= 11 is 1.61. The van der Waals surface area contributed by atoms with Gasteiger partial charge in [0, 0.05) is 11.0 Å². The number of nitrogens with one attached hydrogen (secondary N) is 1. The van der Waals surface area contributed by atoms with Crippen LogP contribution in [0.25, 0.3) is 6.08 Å². The summed E-state index contributed by atoms with van der Waals surface area (Å²) in [6.45, 7) is 0. The highest BCUT2D eigenvalue weighted by Gasteiger charge is 2.17. The Morgan fingerprint density at radius 2 is 1.66 bits per heavy atom. The molecule has 1 heterocycles. The molecule has 0 unspecified atom stereocenters. The lowest BCUT2D eigenvalue weighted by Crippen LogP contribution is -2.27. The third kappa shape index (κ3) is 4.97. The van der Waals surface area contributed by atoms with Crippen molar-refractivity contribution in [3.8, 4) is 17.2 Å². The maximum Gasteiger partial charge on any atom is 0.244 e. The van der Waals surface area contributed by atoms with Crippen LogP contribution >= 0.6 is 11.3 Å². The number of amides is 1. The van der Waals surface area contributed by atoms with Gasteiger partial charge in [0.1, 0.15) is 0 Å². The molecule has 0 aliphatic carbocycles. The monoisotopic (exact) mass is 409 g/mol. The van der Waals surface area contributed by atoms with Crippen LogP contribution in [0.1, 0.15) is 22.0 Å². The van der Waals surface area contributed by atoms with E-state index in [1.54, 1.807) is 50.9 Å². The third-order valence-electron chi connectivity index (χ3n) is 4.36. The summed E-state index contributed by atoms with van der Waals surface area (Å²) in [7, 11) is 4.67. The van der Waals surface area contributed by atoms with Gasteiger partial charge in [-0.25, -0.2) is 0 Å². The van der Waals surface area contributed by atoms with Crippen LogP contribution in [0.3, 0.4) is 0 Å². The second-order valence-corrected chi connectivity index (χ2v) is 7.14. The van der Waals surface area contributed by atoms with E-state index in [0.717, 1.165) is 16.0 Å². The average molecular weight is 410 g/mol. The Morgan fingerprint density at radius 3 is 2.21 bits per heavy atom. The summed E-state index contributed by atoms with van der Waals surface area (Å²) in [6.07, 6.45) is 3.22. The van der Waals surface area contributed by atoms with Gasteiger partial charge in [0.05, 0.1) is 27.4 Å². The van der Waals surface area contributed by atoms with Crippen LogP contribution in [-0.4, -0.2) is 27.2 Å². The van der Waals surface area contributed by atoms with Gasteiger partial charge in [-0.15, -0.1) is 11.3 Å². The number of carbonyl (C=O) groups excluding carboxylic acids is 1. The Morgan fingerprint density at radius 1 is 0.966 bits per heavy atom. The van der Waals surface area contributed by atoms with E-state index in [9.17, 15) is 4.79 Å². The molecule has 2 aromatic carbocycles. The predicted octanol–water partition coefficient (Wildman–Crippen LogP) is 4.69. The first-order valence-electron chi connectivity index (χ1n) is 9.03. The zero-order valence-corrected chi connectivity index (χ0v) is 17.4. The molecule has 1 N–H and O–H groups in total. The van der Waals surface area contributed by atoms with Gasteiger partial charge in [-0.3, -0.25) is 4.79 Å². The molecule has 0 spiro atoms. The first-order valence-corrected chi connectivity index (χ1v) is 9.91. The van der Waals surface area contributed by atoms with Crippen molar-refractivity contribution in [1.29, 1.82) is 0 Å². The van der Waals surface area contributed by atoms with Crippen molar-refractivity contribution in [3.63, 3.8) is 0 Å². The second kappa shape index (κ2) is 9.80. The number of methoxy groups -OCH3 is 3. The van der Waals surface area contributed by atoms with Gasteiger partial charge in [-0.1, -0.05) is 36.4 Å². The molecule has 5 nitrogen and oxygen atoms in total. The third-order valence-corrected chi connectivity index (χ3v) is 5.30. The molecule has 1 amide bonds. The largest absolute Gasteiger partial charge is 0.493 e. The number of rotatable bonds is 8. The summed E-state index contributed by atoms with van der Waals surface area (Å²) in [4.78, 5) is 13.7. The zero-order valence-electron chi connectivity index (χ0n) is 16.5. The molecule has 1 aromatic heterocycles. The maximum atomic E-state index is 12.6. The molecule has 3 rings (SSSR count). The van der Waals surface area contributed by atoms with Crippen LogP contribution in [0.4, 0.5) is 0 Å². The average Bonchev–Trinajstić information content (AvgIpc) is 3.30. The van der Waals surface area contributed by atoms with Gasteiger partial charge in [0.25, 0.3) is 0 Å². The molecule has 0 saturated carbocycles. The van der Waals surface area contributed by atoms with E-state index in [2.05, 4.69) is 5.32 Å². The summed E-state index contributed by atoms with van der Waals surface area (Å²) in [5, 5.41) is 5.09. The highest BCUT2D eigenvalue weighted by atomic mass is 32.1. The SMILES string of the molecule is COc1cc(/C=C/C(=O)N[C@@H](c2ccccc2)c2cccs2)cc(OC)c1OC. The van der Waals surface area contributed by atoms with Crippen molar-refractivity contribution < 1.29 is 19.0 Å². The fourth-order valence-corrected chi connectivity index (χ4v) is 3.78. The molecule has 6 heteroatoms. The standard InChI is InChI=1S/C23H23NO4S/c1-26-18-14-16(15-19(27-2)23(18)28-3)11-12-21(25)24-22(20-10-7-13-29-20)17-8-5-4-6-9-17/h4-15,22H,1-3H3,(H,24,25)/b12-11+/t22-/m0/s1. The summed E-state index contributed by atoms with van der Waals surface area (Å²) < 4.78 is 16.0.